The lowest BCUT2D eigenvalue weighted by Crippen LogP contribution is -2.43. The SMILES string of the molecule is CCOC(=O)c1c(C(=O)OC)c(C(=O)OC)c2ccc3c(n12)CCC1CCCCN31. The van der Waals surface area contributed by atoms with Crippen LogP contribution < -0.4 is 4.90 Å². The van der Waals surface area contributed by atoms with Gasteiger partial charge in [-0.3, -0.25) is 0 Å². The summed E-state index contributed by atoms with van der Waals surface area (Å²) < 4.78 is 16.8. The zero-order valence-electron chi connectivity index (χ0n) is 17.5. The van der Waals surface area contributed by atoms with Gasteiger partial charge in [-0.05, 0) is 51.2 Å². The molecule has 30 heavy (non-hydrogen) atoms. The average molecular weight is 414 g/mol. The number of aromatic nitrogens is 1. The number of carbonyl (C=O) groups excluding carboxylic acids is 3. The molecule has 8 nitrogen and oxygen atoms in total. The number of aryl methyl sites for hydroxylation is 1. The van der Waals surface area contributed by atoms with Gasteiger partial charge in [0.15, 0.2) is 0 Å². The summed E-state index contributed by atoms with van der Waals surface area (Å²) in [4.78, 5) is 40.7. The van der Waals surface area contributed by atoms with E-state index in [9.17, 15) is 14.4 Å². The maximum Gasteiger partial charge on any atom is 0.356 e. The van der Waals surface area contributed by atoms with Crippen molar-refractivity contribution < 1.29 is 28.6 Å². The molecule has 1 fully saturated rings. The number of hydrogen-bond acceptors (Lipinski definition) is 7. The van der Waals surface area contributed by atoms with Crippen LogP contribution in [-0.2, 0) is 20.6 Å². The molecule has 1 atom stereocenters. The van der Waals surface area contributed by atoms with Crippen LogP contribution in [0.25, 0.3) is 5.52 Å². The second-order valence-corrected chi connectivity index (χ2v) is 7.57. The Balaban J connectivity index is 2.06. The van der Waals surface area contributed by atoms with Gasteiger partial charge in [-0.1, -0.05) is 0 Å². The Morgan fingerprint density at radius 1 is 1.00 bits per heavy atom. The van der Waals surface area contributed by atoms with E-state index >= 15 is 0 Å². The second-order valence-electron chi connectivity index (χ2n) is 7.57. The summed E-state index contributed by atoms with van der Waals surface area (Å²) in [7, 11) is 2.46. The lowest BCUT2D eigenvalue weighted by molar-refractivity contribution is 0.0494. The predicted molar refractivity (Wildman–Crippen MR) is 109 cm³/mol. The van der Waals surface area contributed by atoms with Gasteiger partial charge in [-0.15, -0.1) is 0 Å². The van der Waals surface area contributed by atoms with Crippen LogP contribution >= 0.6 is 0 Å². The molecule has 1 unspecified atom stereocenters. The second kappa shape index (κ2) is 8.01. The molecule has 1 saturated heterocycles. The van der Waals surface area contributed by atoms with Crippen LogP contribution in [0.4, 0.5) is 5.69 Å². The van der Waals surface area contributed by atoms with E-state index in [0.29, 0.717) is 11.6 Å². The van der Waals surface area contributed by atoms with Gasteiger partial charge in [-0.2, -0.15) is 0 Å². The molecule has 0 spiro atoms. The number of piperidine rings is 1. The van der Waals surface area contributed by atoms with Gasteiger partial charge >= 0.3 is 17.9 Å². The Morgan fingerprint density at radius 2 is 1.73 bits per heavy atom. The quantitative estimate of drug-likeness (QED) is 0.561. The van der Waals surface area contributed by atoms with Crippen LogP contribution in [0, 0.1) is 0 Å². The molecular formula is C22H26N2O6. The number of pyridine rings is 1. The van der Waals surface area contributed by atoms with Crippen LogP contribution in [0.5, 0.6) is 0 Å². The number of nitrogens with zero attached hydrogens (tertiary/aromatic N) is 2. The molecule has 0 amide bonds. The summed E-state index contributed by atoms with van der Waals surface area (Å²) >= 11 is 0. The summed E-state index contributed by atoms with van der Waals surface area (Å²) in [6.07, 6.45) is 5.17. The third kappa shape index (κ3) is 3.02. The Morgan fingerprint density at radius 3 is 2.43 bits per heavy atom. The van der Waals surface area contributed by atoms with Gasteiger partial charge in [0, 0.05) is 18.3 Å². The summed E-state index contributed by atoms with van der Waals surface area (Å²) in [5, 5.41) is 0. The fraction of sp³-hybridized carbons (Fsp3) is 0.500. The molecule has 0 saturated carbocycles. The van der Waals surface area contributed by atoms with Crippen LogP contribution in [0.1, 0.15) is 69.5 Å². The van der Waals surface area contributed by atoms with E-state index in [1.165, 1.54) is 20.6 Å². The first-order valence-electron chi connectivity index (χ1n) is 10.3. The smallest absolute Gasteiger partial charge is 0.356 e. The topological polar surface area (TPSA) is 86.6 Å². The van der Waals surface area contributed by atoms with Gasteiger partial charge in [0.05, 0.1) is 32.0 Å². The zero-order valence-corrected chi connectivity index (χ0v) is 17.5. The summed E-state index contributed by atoms with van der Waals surface area (Å²) in [5.41, 5.74) is 2.31. The lowest BCUT2D eigenvalue weighted by Gasteiger charge is -2.42. The fourth-order valence-corrected chi connectivity index (χ4v) is 4.82. The van der Waals surface area contributed by atoms with Crippen LogP contribution in [0.3, 0.4) is 0 Å². The molecule has 2 aromatic rings. The maximum atomic E-state index is 13.0. The minimum atomic E-state index is -0.775. The van der Waals surface area contributed by atoms with Crippen molar-refractivity contribution in [3.05, 3.63) is 34.6 Å². The van der Waals surface area contributed by atoms with E-state index in [2.05, 4.69) is 4.90 Å². The van der Waals surface area contributed by atoms with Crippen molar-refractivity contribution >= 4 is 29.1 Å². The molecule has 2 aliphatic rings. The Labute approximate surface area is 174 Å². The Bertz CT molecular complexity index is 1020. The van der Waals surface area contributed by atoms with E-state index in [4.69, 9.17) is 14.2 Å². The van der Waals surface area contributed by atoms with Crippen molar-refractivity contribution in [1.29, 1.82) is 0 Å². The molecule has 0 radical (unpaired) electrons. The predicted octanol–water partition coefficient (Wildman–Crippen LogP) is 2.99. The molecule has 4 rings (SSSR count). The van der Waals surface area contributed by atoms with E-state index < -0.39 is 17.9 Å². The monoisotopic (exact) mass is 414 g/mol. The highest BCUT2D eigenvalue weighted by molar-refractivity contribution is 6.14. The van der Waals surface area contributed by atoms with Gasteiger partial charge in [0.2, 0.25) is 0 Å². The fourth-order valence-electron chi connectivity index (χ4n) is 4.82. The Hall–Kier alpha value is -3.03. The van der Waals surface area contributed by atoms with E-state index in [0.717, 1.165) is 43.6 Å². The Kier molecular flexibility index (Phi) is 5.40. The number of esters is 3. The van der Waals surface area contributed by atoms with Gasteiger partial charge < -0.3 is 23.5 Å². The number of rotatable bonds is 4. The first kappa shape index (κ1) is 20.3. The van der Waals surface area contributed by atoms with Crippen LogP contribution in [0.15, 0.2) is 12.1 Å². The molecule has 0 aliphatic carbocycles. The van der Waals surface area contributed by atoms with Crippen LogP contribution in [0.2, 0.25) is 0 Å². The third-order valence-corrected chi connectivity index (χ3v) is 6.07. The first-order chi connectivity index (χ1) is 14.5. The number of carbonyl (C=O) groups is 3. The highest BCUT2D eigenvalue weighted by Crippen LogP contribution is 2.39. The highest BCUT2D eigenvalue weighted by Gasteiger charge is 2.37. The van der Waals surface area contributed by atoms with Crippen molar-refractivity contribution in [1.82, 2.24) is 4.40 Å². The number of hydrogen-bond donors (Lipinski definition) is 0. The van der Waals surface area contributed by atoms with Gasteiger partial charge in [0.25, 0.3) is 0 Å². The van der Waals surface area contributed by atoms with Gasteiger partial charge in [-0.25, -0.2) is 14.4 Å². The van der Waals surface area contributed by atoms with Gasteiger partial charge in [0.1, 0.15) is 16.8 Å². The standard InChI is InChI=1S/C22H26N2O6/c1-4-30-22(27)19-18(21(26)29-3)17(20(25)28-2)16-11-10-14-15(24(16)19)9-8-13-7-5-6-12-23(13)14/h10-11,13H,4-9,12H2,1-3H3. The van der Waals surface area contributed by atoms with E-state index in [-0.39, 0.29) is 23.4 Å². The molecule has 2 aromatic heterocycles. The normalized spacial score (nSPS) is 17.8. The van der Waals surface area contributed by atoms with E-state index in [1.807, 2.05) is 6.07 Å². The minimum absolute atomic E-state index is 0.0198. The van der Waals surface area contributed by atoms with Crippen LogP contribution in [-0.4, -0.2) is 55.7 Å². The third-order valence-electron chi connectivity index (χ3n) is 6.07. The summed E-state index contributed by atoms with van der Waals surface area (Å²) in [6, 6.07) is 4.23. The molecule has 2 aliphatic heterocycles. The molecule has 0 bridgehead atoms. The van der Waals surface area contributed by atoms with Crippen molar-refractivity contribution in [2.24, 2.45) is 0 Å². The molecule has 160 valence electrons. The average Bonchev–Trinajstić information content (AvgIpc) is 3.13. The number of anilines is 1. The maximum absolute atomic E-state index is 13.0. The number of ether oxygens (including phenoxy) is 3. The van der Waals surface area contributed by atoms with Crippen molar-refractivity contribution in [3.63, 3.8) is 0 Å². The summed E-state index contributed by atoms with van der Waals surface area (Å²) in [5.74, 6) is -2.14. The first-order valence-corrected chi connectivity index (χ1v) is 10.3. The molecular weight excluding hydrogens is 388 g/mol. The van der Waals surface area contributed by atoms with E-state index in [1.54, 1.807) is 17.4 Å². The lowest BCUT2D eigenvalue weighted by atomic mass is 9.91. The largest absolute Gasteiger partial charge is 0.465 e. The number of methoxy groups -OCH3 is 2. The molecule has 4 heterocycles. The minimum Gasteiger partial charge on any atom is -0.465 e. The zero-order chi connectivity index (χ0) is 21.4. The van der Waals surface area contributed by atoms with Crippen molar-refractivity contribution in [3.8, 4) is 0 Å². The summed E-state index contributed by atoms with van der Waals surface area (Å²) in [6.45, 7) is 2.79. The van der Waals surface area contributed by atoms with Crippen molar-refractivity contribution in [2.45, 2.75) is 45.1 Å². The molecule has 0 N–H and O–H groups in total. The van der Waals surface area contributed by atoms with Crippen molar-refractivity contribution in [2.75, 3.05) is 32.3 Å². The number of fused-ring (bicyclic) bond motifs is 5. The highest BCUT2D eigenvalue weighted by atomic mass is 16.5. The molecule has 8 heteroatoms. The molecule has 0 aromatic carbocycles.